The van der Waals surface area contributed by atoms with Crippen LogP contribution in [0.3, 0.4) is 0 Å². The van der Waals surface area contributed by atoms with Crippen molar-refractivity contribution >= 4 is 11.9 Å². The number of hydrogen-bond acceptors (Lipinski definition) is 10. The number of rotatable bonds is 6. The van der Waals surface area contributed by atoms with E-state index in [1.807, 2.05) is 32.4 Å². The van der Waals surface area contributed by atoms with Crippen molar-refractivity contribution in [1.82, 2.24) is 34.2 Å². The van der Waals surface area contributed by atoms with Crippen molar-refractivity contribution in [3.8, 4) is 45.4 Å². The molecule has 44 heavy (non-hydrogen) atoms. The maximum atomic E-state index is 13.2. The van der Waals surface area contributed by atoms with Crippen LogP contribution in [-0.4, -0.2) is 73.2 Å². The molecule has 5 rings (SSSR count). The largest absolute Gasteiger partial charge is 0.497 e. The van der Waals surface area contributed by atoms with Gasteiger partial charge in [-0.1, -0.05) is 0 Å². The number of likely N-dealkylation sites (tertiary alicyclic amines) is 1. The van der Waals surface area contributed by atoms with Gasteiger partial charge >= 0.3 is 6.09 Å². The molecule has 0 atom stereocenters. The number of nitrogen functional groups attached to an aromatic ring is 1. The summed E-state index contributed by atoms with van der Waals surface area (Å²) >= 11 is 0. The third-order valence-electron chi connectivity index (χ3n) is 7.52. The number of carbonyl (C=O) groups is 1. The van der Waals surface area contributed by atoms with Crippen LogP contribution in [0.15, 0.2) is 41.6 Å². The second-order valence-electron chi connectivity index (χ2n) is 11.8. The summed E-state index contributed by atoms with van der Waals surface area (Å²) in [5.74, 6) is 1.23. The van der Waals surface area contributed by atoms with Crippen LogP contribution in [-0.2, 0) is 11.8 Å². The van der Waals surface area contributed by atoms with E-state index in [9.17, 15) is 9.59 Å². The maximum absolute atomic E-state index is 13.2. The molecule has 0 aliphatic carbocycles. The van der Waals surface area contributed by atoms with Gasteiger partial charge in [-0.25, -0.2) is 19.7 Å². The summed E-state index contributed by atoms with van der Waals surface area (Å²) in [6.45, 7) is 8.75. The minimum atomic E-state index is -0.533. The minimum Gasteiger partial charge on any atom is -0.497 e. The average Bonchev–Trinajstić information content (AvgIpc) is 3.38. The Balaban J connectivity index is 1.44. The van der Waals surface area contributed by atoms with E-state index in [1.54, 1.807) is 63.0 Å². The molecule has 0 spiro atoms. The number of nitrogens with two attached hydrogens (primary N) is 1. The standard InChI is InChI=1S/C31H38N8O5/c1-18-23(15-34-39(18)20-8-10-38(11-9-20)30(41)44-31(2,3)4)24-16-33-28(32)27(35-24)25-17-37(5)29(40)26(36-25)19-12-21(42-6)14-22(13-19)43-7/h12-17,20H,8-11H2,1-7H3,(H2,32,33). The average molecular weight is 603 g/mol. The third-order valence-corrected chi connectivity index (χ3v) is 7.52. The van der Waals surface area contributed by atoms with Crippen LogP contribution in [0.5, 0.6) is 11.5 Å². The summed E-state index contributed by atoms with van der Waals surface area (Å²) in [6.07, 6.45) is 6.16. The van der Waals surface area contributed by atoms with Gasteiger partial charge in [0.2, 0.25) is 0 Å². The normalized spacial score (nSPS) is 14.0. The van der Waals surface area contributed by atoms with Crippen LogP contribution in [0.25, 0.3) is 33.9 Å². The van der Waals surface area contributed by atoms with Crippen molar-refractivity contribution in [2.45, 2.75) is 52.2 Å². The lowest BCUT2D eigenvalue weighted by Gasteiger charge is -2.33. The zero-order valence-electron chi connectivity index (χ0n) is 26.1. The molecule has 4 aromatic rings. The van der Waals surface area contributed by atoms with Crippen molar-refractivity contribution in [1.29, 1.82) is 0 Å². The summed E-state index contributed by atoms with van der Waals surface area (Å²) in [5.41, 5.74) is 9.20. The van der Waals surface area contributed by atoms with Gasteiger partial charge in [-0.15, -0.1) is 0 Å². The van der Waals surface area contributed by atoms with Gasteiger partial charge in [0.1, 0.15) is 34.2 Å². The molecule has 1 aliphatic rings. The summed E-state index contributed by atoms with van der Waals surface area (Å²) in [7, 11) is 4.73. The summed E-state index contributed by atoms with van der Waals surface area (Å²) in [5, 5.41) is 4.68. The van der Waals surface area contributed by atoms with Crippen LogP contribution in [0.1, 0.15) is 45.3 Å². The second-order valence-corrected chi connectivity index (χ2v) is 11.8. The van der Waals surface area contributed by atoms with Gasteiger partial charge in [-0.2, -0.15) is 5.10 Å². The monoisotopic (exact) mass is 602 g/mol. The number of methoxy groups -OCH3 is 2. The molecule has 0 bridgehead atoms. The number of piperidine rings is 1. The van der Waals surface area contributed by atoms with E-state index in [1.165, 1.54) is 4.57 Å². The number of ether oxygens (including phenoxy) is 3. The van der Waals surface area contributed by atoms with Crippen molar-refractivity contribution in [3.05, 3.63) is 52.8 Å². The lowest BCUT2D eigenvalue weighted by atomic mass is 10.0. The van der Waals surface area contributed by atoms with E-state index >= 15 is 0 Å². The fourth-order valence-corrected chi connectivity index (χ4v) is 5.23. The molecule has 0 saturated carbocycles. The Bertz CT molecular complexity index is 1730. The lowest BCUT2D eigenvalue weighted by molar-refractivity contribution is 0.0184. The first-order valence-electron chi connectivity index (χ1n) is 14.3. The van der Waals surface area contributed by atoms with Crippen LogP contribution in [0, 0.1) is 6.92 Å². The van der Waals surface area contributed by atoms with E-state index in [2.05, 4.69) is 15.1 Å². The first-order valence-corrected chi connectivity index (χ1v) is 14.3. The summed E-state index contributed by atoms with van der Waals surface area (Å²) < 4.78 is 19.7. The highest BCUT2D eigenvalue weighted by Gasteiger charge is 2.29. The first kappa shape index (κ1) is 30.5. The number of aryl methyl sites for hydroxylation is 1. The fourth-order valence-electron chi connectivity index (χ4n) is 5.23. The first-order chi connectivity index (χ1) is 20.9. The van der Waals surface area contributed by atoms with Crippen LogP contribution >= 0.6 is 0 Å². The van der Waals surface area contributed by atoms with Gasteiger partial charge in [-0.3, -0.25) is 9.48 Å². The van der Waals surface area contributed by atoms with E-state index in [0.717, 1.165) is 24.1 Å². The molecule has 0 radical (unpaired) electrons. The van der Waals surface area contributed by atoms with Gasteiger partial charge in [0.25, 0.3) is 5.56 Å². The molecule has 2 N–H and O–H groups in total. The molecule has 1 aliphatic heterocycles. The van der Waals surface area contributed by atoms with Gasteiger partial charge < -0.3 is 29.4 Å². The van der Waals surface area contributed by atoms with Gasteiger partial charge in [-0.05, 0) is 52.7 Å². The number of benzene rings is 1. The maximum Gasteiger partial charge on any atom is 0.410 e. The minimum absolute atomic E-state index is 0.122. The zero-order valence-corrected chi connectivity index (χ0v) is 26.1. The Morgan fingerprint density at radius 3 is 2.23 bits per heavy atom. The van der Waals surface area contributed by atoms with E-state index in [4.69, 9.17) is 24.9 Å². The van der Waals surface area contributed by atoms with Gasteiger partial charge in [0.15, 0.2) is 5.82 Å². The molecule has 1 saturated heterocycles. The molecule has 13 nitrogen and oxygen atoms in total. The smallest absolute Gasteiger partial charge is 0.410 e. The molecule has 1 fully saturated rings. The Morgan fingerprint density at radius 1 is 0.977 bits per heavy atom. The highest BCUT2D eigenvalue weighted by molar-refractivity contribution is 5.73. The van der Waals surface area contributed by atoms with Gasteiger partial charge in [0, 0.05) is 49.2 Å². The van der Waals surface area contributed by atoms with Crippen LogP contribution in [0.4, 0.5) is 10.6 Å². The molecule has 232 valence electrons. The molecule has 4 heterocycles. The van der Waals surface area contributed by atoms with E-state index in [-0.39, 0.29) is 29.2 Å². The highest BCUT2D eigenvalue weighted by Crippen LogP contribution is 2.32. The lowest BCUT2D eigenvalue weighted by Crippen LogP contribution is -2.42. The number of aromatic nitrogens is 6. The molecule has 1 amide bonds. The van der Waals surface area contributed by atoms with Crippen molar-refractivity contribution in [2.75, 3.05) is 33.0 Å². The van der Waals surface area contributed by atoms with Crippen molar-refractivity contribution < 1.29 is 19.0 Å². The molecule has 13 heteroatoms. The van der Waals surface area contributed by atoms with E-state index in [0.29, 0.717) is 47.2 Å². The Labute approximate surface area is 255 Å². The molecule has 1 aromatic carbocycles. The van der Waals surface area contributed by atoms with Crippen molar-refractivity contribution in [3.63, 3.8) is 0 Å². The predicted molar refractivity (Wildman–Crippen MR) is 165 cm³/mol. The quantitative estimate of drug-likeness (QED) is 0.339. The zero-order chi connectivity index (χ0) is 31.8. The Hall–Kier alpha value is -4.94. The number of anilines is 1. The number of hydrogen-bond donors (Lipinski definition) is 1. The van der Waals surface area contributed by atoms with Crippen LogP contribution < -0.4 is 20.8 Å². The van der Waals surface area contributed by atoms with Crippen LogP contribution in [0.2, 0.25) is 0 Å². The Morgan fingerprint density at radius 2 is 1.61 bits per heavy atom. The summed E-state index contributed by atoms with van der Waals surface area (Å²) in [6, 6.07) is 5.28. The number of amides is 1. The second kappa shape index (κ2) is 12.0. The number of nitrogens with zero attached hydrogens (tertiary/aromatic N) is 7. The SMILES string of the molecule is COc1cc(OC)cc(-c2nc(-c3nc(-c4cnn(C5CCN(C(=O)OC(C)(C)C)CC5)c4C)cnc3N)cn(C)c2=O)c1. The van der Waals surface area contributed by atoms with Gasteiger partial charge in [0.05, 0.1) is 38.3 Å². The fraction of sp³-hybridized carbons (Fsp3) is 0.419. The third kappa shape index (κ3) is 6.21. The molecular weight excluding hydrogens is 564 g/mol. The predicted octanol–water partition coefficient (Wildman–Crippen LogP) is 4.25. The van der Waals surface area contributed by atoms with Crippen molar-refractivity contribution in [2.24, 2.45) is 7.05 Å². The topological polar surface area (TPSA) is 153 Å². The van der Waals surface area contributed by atoms with E-state index < -0.39 is 5.60 Å². The summed E-state index contributed by atoms with van der Waals surface area (Å²) in [4.78, 5) is 41.3. The molecule has 0 unspecified atom stereocenters. The number of carbonyl (C=O) groups excluding carboxylic acids is 1. The highest BCUT2D eigenvalue weighted by atomic mass is 16.6. The Kier molecular flexibility index (Phi) is 8.31. The molecule has 3 aromatic heterocycles. The molecular formula is C31H38N8O5.